The number of esters is 1. The van der Waals surface area contributed by atoms with Crippen LogP contribution < -0.4 is 21.9 Å². The van der Waals surface area contributed by atoms with Crippen LogP contribution in [0, 0.1) is 0 Å². The minimum atomic E-state index is -0.416. The van der Waals surface area contributed by atoms with Gasteiger partial charge in [0.05, 0.1) is 18.6 Å². The van der Waals surface area contributed by atoms with Gasteiger partial charge in [0.15, 0.2) is 11.6 Å². The van der Waals surface area contributed by atoms with Gasteiger partial charge in [-0.3, -0.25) is 15.6 Å². The van der Waals surface area contributed by atoms with Gasteiger partial charge >= 0.3 is 5.97 Å². The standard InChI is InChI=1S/C21H22N6O3/c1-2-30-21(29)15-9-6-10-16(12-15)25-19-18(22)20(24-13-23-19)27-26-17(28)11-14-7-4-3-5-8-14/h3-10,12-13H,2,11,22H2,1H3,(H,26,28)(H2,23,24,25,27). The third kappa shape index (κ3) is 5.44. The van der Waals surface area contributed by atoms with Crippen LogP contribution in [-0.2, 0) is 16.0 Å². The van der Waals surface area contributed by atoms with Crippen molar-refractivity contribution >= 4 is 34.9 Å². The molecule has 9 heteroatoms. The molecule has 9 nitrogen and oxygen atoms in total. The van der Waals surface area contributed by atoms with Gasteiger partial charge < -0.3 is 15.8 Å². The molecule has 0 radical (unpaired) electrons. The number of nitrogens with one attached hydrogen (secondary N) is 3. The maximum absolute atomic E-state index is 12.1. The van der Waals surface area contributed by atoms with Crippen LogP contribution in [-0.4, -0.2) is 28.5 Å². The largest absolute Gasteiger partial charge is 0.462 e. The third-order valence-corrected chi connectivity index (χ3v) is 4.05. The summed E-state index contributed by atoms with van der Waals surface area (Å²) in [6.45, 7) is 2.04. The molecule has 0 spiro atoms. The van der Waals surface area contributed by atoms with Crippen molar-refractivity contribution in [3.8, 4) is 0 Å². The highest BCUT2D eigenvalue weighted by Gasteiger charge is 2.12. The van der Waals surface area contributed by atoms with Crippen LogP contribution >= 0.6 is 0 Å². The van der Waals surface area contributed by atoms with Crippen molar-refractivity contribution in [1.29, 1.82) is 0 Å². The van der Waals surface area contributed by atoms with Crippen molar-refractivity contribution in [3.05, 3.63) is 72.1 Å². The van der Waals surface area contributed by atoms with Gasteiger partial charge in [-0.15, -0.1) is 0 Å². The van der Waals surface area contributed by atoms with Crippen LogP contribution in [0.4, 0.5) is 23.0 Å². The monoisotopic (exact) mass is 406 g/mol. The summed E-state index contributed by atoms with van der Waals surface area (Å²) in [7, 11) is 0. The average Bonchev–Trinajstić information content (AvgIpc) is 2.75. The molecule has 2 aromatic carbocycles. The van der Waals surface area contributed by atoms with Gasteiger partial charge in [-0.05, 0) is 30.7 Å². The van der Waals surface area contributed by atoms with Gasteiger partial charge in [0.25, 0.3) is 0 Å². The molecule has 5 N–H and O–H groups in total. The first-order valence-corrected chi connectivity index (χ1v) is 9.30. The molecule has 0 unspecified atom stereocenters. The molecule has 0 fully saturated rings. The number of carbonyl (C=O) groups excluding carboxylic acids is 2. The van der Waals surface area contributed by atoms with Crippen molar-refractivity contribution in [2.45, 2.75) is 13.3 Å². The molecule has 0 aliphatic carbocycles. The zero-order valence-corrected chi connectivity index (χ0v) is 16.4. The fourth-order valence-electron chi connectivity index (χ4n) is 2.62. The van der Waals surface area contributed by atoms with Gasteiger partial charge in [0, 0.05) is 5.69 Å². The van der Waals surface area contributed by atoms with E-state index in [4.69, 9.17) is 10.5 Å². The molecule has 1 amide bonds. The van der Waals surface area contributed by atoms with Gasteiger partial charge in [0.1, 0.15) is 12.0 Å². The number of anilines is 4. The van der Waals surface area contributed by atoms with E-state index in [9.17, 15) is 9.59 Å². The van der Waals surface area contributed by atoms with Gasteiger partial charge in [-0.1, -0.05) is 36.4 Å². The molecule has 30 heavy (non-hydrogen) atoms. The van der Waals surface area contributed by atoms with Crippen molar-refractivity contribution in [2.24, 2.45) is 0 Å². The summed E-state index contributed by atoms with van der Waals surface area (Å²) in [5.74, 6) is -0.0857. The van der Waals surface area contributed by atoms with Gasteiger partial charge in [-0.25, -0.2) is 14.8 Å². The van der Waals surface area contributed by atoms with Crippen molar-refractivity contribution in [3.63, 3.8) is 0 Å². The van der Waals surface area contributed by atoms with E-state index in [1.165, 1.54) is 6.33 Å². The van der Waals surface area contributed by atoms with E-state index >= 15 is 0 Å². The Bertz CT molecular complexity index is 1030. The number of hydrogen-bond donors (Lipinski definition) is 4. The molecule has 1 heterocycles. The first kappa shape index (κ1) is 20.6. The molecule has 1 aromatic heterocycles. The van der Waals surface area contributed by atoms with E-state index in [0.717, 1.165) is 5.56 Å². The smallest absolute Gasteiger partial charge is 0.338 e. The first-order chi connectivity index (χ1) is 14.6. The fraction of sp³-hybridized carbons (Fsp3) is 0.143. The Kier molecular flexibility index (Phi) is 6.78. The minimum absolute atomic E-state index is 0.207. The van der Waals surface area contributed by atoms with Crippen LogP contribution in [0.2, 0.25) is 0 Å². The number of ether oxygens (including phenoxy) is 1. The van der Waals surface area contributed by atoms with E-state index < -0.39 is 5.97 Å². The first-order valence-electron chi connectivity index (χ1n) is 9.30. The molecule has 0 atom stereocenters. The Hall–Kier alpha value is -4.14. The van der Waals surface area contributed by atoms with Crippen LogP contribution in [0.15, 0.2) is 60.9 Å². The molecule has 3 rings (SSSR count). The van der Waals surface area contributed by atoms with Crippen LogP contribution in [0.3, 0.4) is 0 Å². The summed E-state index contributed by atoms with van der Waals surface area (Å²) < 4.78 is 5.01. The van der Waals surface area contributed by atoms with Crippen molar-refractivity contribution in [1.82, 2.24) is 15.4 Å². The summed E-state index contributed by atoms with van der Waals surface area (Å²) in [5, 5.41) is 3.04. The second-order valence-corrected chi connectivity index (χ2v) is 6.25. The quantitative estimate of drug-likeness (QED) is 0.332. The van der Waals surface area contributed by atoms with Crippen molar-refractivity contribution in [2.75, 3.05) is 23.1 Å². The zero-order chi connectivity index (χ0) is 21.3. The summed E-state index contributed by atoms with van der Waals surface area (Å²) >= 11 is 0. The number of hydrazine groups is 1. The van der Waals surface area contributed by atoms with E-state index in [0.29, 0.717) is 23.7 Å². The second kappa shape index (κ2) is 9.87. The lowest BCUT2D eigenvalue weighted by Crippen LogP contribution is -2.31. The molecular weight excluding hydrogens is 384 g/mol. The SMILES string of the molecule is CCOC(=O)c1cccc(Nc2ncnc(NNC(=O)Cc3ccccc3)c2N)c1. The highest BCUT2D eigenvalue weighted by atomic mass is 16.5. The van der Waals surface area contributed by atoms with E-state index in [1.807, 2.05) is 30.3 Å². The molecule has 3 aromatic rings. The average molecular weight is 406 g/mol. The molecule has 0 aliphatic heterocycles. The molecule has 0 aliphatic rings. The number of benzene rings is 2. The summed E-state index contributed by atoms with van der Waals surface area (Å²) in [6.07, 6.45) is 1.52. The third-order valence-electron chi connectivity index (χ3n) is 4.05. The van der Waals surface area contributed by atoms with Gasteiger partial charge in [0.2, 0.25) is 5.91 Å². The fourth-order valence-corrected chi connectivity index (χ4v) is 2.62. The highest BCUT2D eigenvalue weighted by molar-refractivity contribution is 5.91. The lowest BCUT2D eigenvalue weighted by atomic mass is 10.1. The van der Waals surface area contributed by atoms with E-state index in [1.54, 1.807) is 31.2 Å². The second-order valence-electron chi connectivity index (χ2n) is 6.25. The van der Waals surface area contributed by atoms with E-state index in [-0.39, 0.29) is 23.8 Å². The number of rotatable bonds is 8. The Morgan fingerprint density at radius 2 is 1.80 bits per heavy atom. The van der Waals surface area contributed by atoms with Crippen molar-refractivity contribution < 1.29 is 14.3 Å². The molecule has 0 saturated heterocycles. The normalized spacial score (nSPS) is 10.2. The number of nitrogens with two attached hydrogens (primary N) is 1. The topological polar surface area (TPSA) is 131 Å². The Morgan fingerprint density at radius 3 is 2.57 bits per heavy atom. The number of amides is 1. The number of hydrogen-bond acceptors (Lipinski definition) is 8. The number of nitrogens with zero attached hydrogens (tertiary/aromatic N) is 2. The number of carbonyl (C=O) groups is 2. The van der Waals surface area contributed by atoms with E-state index in [2.05, 4.69) is 26.1 Å². The maximum atomic E-state index is 12.1. The lowest BCUT2D eigenvalue weighted by molar-refractivity contribution is -0.119. The minimum Gasteiger partial charge on any atom is -0.462 e. The molecule has 0 saturated carbocycles. The van der Waals surface area contributed by atoms with Crippen LogP contribution in [0.1, 0.15) is 22.8 Å². The molecule has 0 bridgehead atoms. The Morgan fingerprint density at radius 1 is 1.03 bits per heavy atom. The predicted molar refractivity (Wildman–Crippen MR) is 114 cm³/mol. The van der Waals surface area contributed by atoms with Crippen LogP contribution in [0.5, 0.6) is 0 Å². The van der Waals surface area contributed by atoms with Gasteiger partial charge in [-0.2, -0.15) is 0 Å². The molecule has 154 valence electrons. The van der Waals surface area contributed by atoms with Crippen LogP contribution in [0.25, 0.3) is 0 Å². The zero-order valence-electron chi connectivity index (χ0n) is 16.4. The Balaban J connectivity index is 1.66. The Labute approximate surface area is 173 Å². The number of nitrogen functional groups attached to an aromatic ring is 1. The maximum Gasteiger partial charge on any atom is 0.338 e. The predicted octanol–water partition coefficient (Wildman–Crippen LogP) is 2.66. The number of aromatic nitrogens is 2. The molecular formula is C21H22N6O3. The summed E-state index contributed by atoms with van der Waals surface area (Å²) in [6, 6.07) is 16.1. The lowest BCUT2D eigenvalue weighted by Gasteiger charge is -2.13. The summed E-state index contributed by atoms with van der Waals surface area (Å²) in [4.78, 5) is 32.2. The summed E-state index contributed by atoms with van der Waals surface area (Å²) in [5.41, 5.74) is 13.5. The highest BCUT2D eigenvalue weighted by Crippen LogP contribution is 2.25.